The molecule has 80 valence electrons. The second-order valence-corrected chi connectivity index (χ2v) is 4.79. The van der Waals surface area contributed by atoms with Gasteiger partial charge in [-0.3, -0.25) is 4.79 Å². The number of nitrogens with zero attached hydrogens (tertiary/aromatic N) is 2. The Bertz CT molecular complexity index is 402. The third-order valence-corrected chi connectivity index (χ3v) is 3.92. The van der Waals surface area contributed by atoms with Gasteiger partial charge in [-0.2, -0.15) is 0 Å². The first-order chi connectivity index (χ1) is 6.92. The van der Waals surface area contributed by atoms with Crippen molar-refractivity contribution in [2.75, 3.05) is 0 Å². The Labute approximate surface area is 88.4 Å². The van der Waals surface area contributed by atoms with Gasteiger partial charge in [0, 0.05) is 11.6 Å². The summed E-state index contributed by atoms with van der Waals surface area (Å²) in [6.45, 7) is 5.88. The van der Waals surface area contributed by atoms with Gasteiger partial charge in [0.2, 0.25) is 0 Å². The van der Waals surface area contributed by atoms with E-state index in [0.29, 0.717) is 0 Å². The normalized spacial score (nSPS) is 32.3. The fourth-order valence-corrected chi connectivity index (χ4v) is 2.61. The van der Waals surface area contributed by atoms with Crippen molar-refractivity contribution >= 4 is 5.97 Å². The molecule has 1 N–H and O–H groups in total. The van der Waals surface area contributed by atoms with Crippen LogP contribution in [0.15, 0.2) is 18.6 Å². The van der Waals surface area contributed by atoms with E-state index in [1.165, 1.54) is 6.33 Å². The van der Waals surface area contributed by atoms with Crippen molar-refractivity contribution in [3.63, 3.8) is 0 Å². The van der Waals surface area contributed by atoms with Crippen LogP contribution < -0.4 is 0 Å². The van der Waals surface area contributed by atoms with Gasteiger partial charge in [-0.15, -0.1) is 0 Å². The van der Waals surface area contributed by atoms with Crippen LogP contribution in [0.5, 0.6) is 0 Å². The Hall–Kier alpha value is -1.45. The maximum atomic E-state index is 11.1. The maximum Gasteiger partial charge on any atom is 0.308 e. The third-order valence-electron chi connectivity index (χ3n) is 3.92. The van der Waals surface area contributed by atoms with Crippen LogP contribution >= 0.6 is 0 Å². The predicted molar refractivity (Wildman–Crippen MR) is 54.3 cm³/mol. The summed E-state index contributed by atoms with van der Waals surface area (Å²) < 4.78 is 0. The highest BCUT2D eigenvalue weighted by Gasteiger charge is 2.73. The molecule has 1 heterocycles. The first kappa shape index (κ1) is 10.1. The van der Waals surface area contributed by atoms with Crippen LogP contribution in [0.2, 0.25) is 0 Å². The quantitative estimate of drug-likeness (QED) is 0.796. The molecule has 1 aliphatic rings. The lowest BCUT2D eigenvalue weighted by Crippen LogP contribution is -2.13. The van der Waals surface area contributed by atoms with Crippen molar-refractivity contribution in [1.82, 2.24) is 9.97 Å². The average Bonchev–Trinajstić information content (AvgIpc) is 2.64. The van der Waals surface area contributed by atoms with E-state index in [2.05, 4.69) is 9.97 Å². The molecule has 1 aliphatic carbocycles. The van der Waals surface area contributed by atoms with Gasteiger partial charge in [-0.1, -0.05) is 20.8 Å². The lowest BCUT2D eigenvalue weighted by molar-refractivity contribution is -0.139. The van der Waals surface area contributed by atoms with Crippen LogP contribution in [0.3, 0.4) is 0 Å². The van der Waals surface area contributed by atoms with Crippen LogP contribution in [0.25, 0.3) is 0 Å². The molecule has 2 rings (SSSR count). The number of aromatic nitrogens is 2. The van der Waals surface area contributed by atoms with E-state index >= 15 is 0 Å². The summed E-state index contributed by atoms with van der Waals surface area (Å²) in [5.41, 5.74) is 0.199. The van der Waals surface area contributed by atoms with E-state index in [1.54, 1.807) is 12.3 Å². The lowest BCUT2D eigenvalue weighted by atomic mass is 9.94. The van der Waals surface area contributed by atoms with Gasteiger partial charge < -0.3 is 5.11 Å². The summed E-state index contributed by atoms with van der Waals surface area (Å²) in [6.07, 6.45) is 3.12. The Morgan fingerprint density at radius 2 is 2.13 bits per heavy atom. The Kier molecular flexibility index (Phi) is 1.87. The monoisotopic (exact) mass is 206 g/mol. The van der Waals surface area contributed by atoms with Gasteiger partial charge >= 0.3 is 5.97 Å². The molecule has 4 nitrogen and oxygen atoms in total. The van der Waals surface area contributed by atoms with Crippen LogP contribution in [0.1, 0.15) is 26.5 Å². The van der Waals surface area contributed by atoms with Crippen LogP contribution in [0.4, 0.5) is 0 Å². The van der Waals surface area contributed by atoms with E-state index in [0.717, 1.165) is 5.69 Å². The third kappa shape index (κ3) is 1.11. The molecule has 0 bridgehead atoms. The van der Waals surface area contributed by atoms with Crippen molar-refractivity contribution in [2.24, 2.45) is 11.3 Å². The molecule has 0 aromatic carbocycles. The maximum absolute atomic E-state index is 11.1. The van der Waals surface area contributed by atoms with Crippen molar-refractivity contribution in [2.45, 2.75) is 26.2 Å². The Balaban J connectivity index is 2.43. The molecule has 0 aliphatic heterocycles. The molecule has 0 saturated heterocycles. The summed E-state index contributed by atoms with van der Waals surface area (Å²) in [5.74, 6) is -1.11. The van der Waals surface area contributed by atoms with Gasteiger partial charge in [-0.25, -0.2) is 9.97 Å². The van der Waals surface area contributed by atoms with Gasteiger partial charge in [-0.05, 0) is 11.5 Å². The Morgan fingerprint density at radius 1 is 1.47 bits per heavy atom. The van der Waals surface area contributed by atoms with E-state index < -0.39 is 5.97 Å². The number of hydrogen-bond acceptors (Lipinski definition) is 3. The molecular weight excluding hydrogens is 192 g/mol. The molecule has 15 heavy (non-hydrogen) atoms. The summed E-state index contributed by atoms with van der Waals surface area (Å²) in [4.78, 5) is 19.1. The molecule has 1 saturated carbocycles. The standard InChI is InChI=1S/C11H14N2O2/c1-10(2)8(9(14)15)11(10,3)7-4-5-12-6-13-7/h4-6,8H,1-3H3,(H,14,15). The Morgan fingerprint density at radius 3 is 2.53 bits per heavy atom. The molecular formula is C11H14N2O2. The number of carboxylic acid groups (broad SMARTS) is 1. The van der Waals surface area contributed by atoms with Crippen molar-refractivity contribution < 1.29 is 9.90 Å². The molecule has 1 aromatic rings. The van der Waals surface area contributed by atoms with E-state index in [-0.39, 0.29) is 16.7 Å². The van der Waals surface area contributed by atoms with Gasteiger partial charge in [0.1, 0.15) is 6.33 Å². The van der Waals surface area contributed by atoms with E-state index in [4.69, 9.17) is 5.11 Å². The SMILES string of the molecule is CC1(C)C(C(=O)O)C1(C)c1ccncn1. The largest absolute Gasteiger partial charge is 0.481 e. The van der Waals surface area contributed by atoms with Crippen LogP contribution in [-0.4, -0.2) is 21.0 Å². The number of rotatable bonds is 2. The minimum Gasteiger partial charge on any atom is -0.481 e. The molecule has 0 spiro atoms. The topological polar surface area (TPSA) is 63.1 Å². The van der Waals surface area contributed by atoms with Gasteiger partial charge in [0.25, 0.3) is 0 Å². The van der Waals surface area contributed by atoms with Crippen LogP contribution in [0, 0.1) is 11.3 Å². The minimum absolute atomic E-state index is 0.243. The molecule has 2 unspecified atom stereocenters. The summed E-state index contributed by atoms with van der Waals surface area (Å²) in [7, 11) is 0. The molecule has 0 amide bonds. The molecule has 2 atom stereocenters. The average molecular weight is 206 g/mol. The molecule has 4 heteroatoms. The second kappa shape index (κ2) is 2.78. The van der Waals surface area contributed by atoms with Crippen molar-refractivity contribution in [1.29, 1.82) is 0 Å². The summed E-state index contributed by atoms with van der Waals surface area (Å²) >= 11 is 0. The van der Waals surface area contributed by atoms with Crippen molar-refractivity contribution in [3.05, 3.63) is 24.3 Å². The zero-order chi connectivity index (χ0) is 11.3. The minimum atomic E-state index is -0.749. The number of carbonyl (C=O) groups is 1. The first-order valence-electron chi connectivity index (χ1n) is 4.91. The summed E-state index contributed by atoms with van der Waals surface area (Å²) in [6, 6.07) is 1.80. The van der Waals surface area contributed by atoms with E-state index in [1.807, 2.05) is 20.8 Å². The lowest BCUT2D eigenvalue weighted by Gasteiger charge is -2.12. The molecule has 1 aromatic heterocycles. The van der Waals surface area contributed by atoms with Gasteiger partial charge in [0.05, 0.1) is 11.6 Å². The van der Waals surface area contributed by atoms with Gasteiger partial charge in [0.15, 0.2) is 0 Å². The fourth-order valence-electron chi connectivity index (χ4n) is 2.61. The highest BCUT2D eigenvalue weighted by atomic mass is 16.4. The van der Waals surface area contributed by atoms with Crippen LogP contribution in [-0.2, 0) is 10.2 Å². The highest BCUT2D eigenvalue weighted by molar-refractivity contribution is 5.79. The smallest absolute Gasteiger partial charge is 0.308 e. The zero-order valence-electron chi connectivity index (χ0n) is 9.06. The van der Waals surface area contributed by atoms with Crippen molar-refractivity contribution in [3.8, 4) is 0 Å². The zero-order valence-corrected chi connectivity index (χ0v) is 9.06. The highest BCUT2D eigenvalue weighted by Crippen LogP contribution is 2.68. The number of aliphatic carboxylic acids is 1. The fraction of sp³-hybridized carbons (Fsp3) is 0.545. The second-order valence-electron chi connectivity index (χ2n) is 4.79. The summed E-state index contributed by atoms with van der Waals surface area (Å²) in [5, 5.41) is 9.14. The molecule has 0 radical (unpaired) electrons. The first-order valence-corrected chi connectivity index (χ1v) is 4.91. The predicted octanol–water partition coefficient (Wildman–Crippen LogP) is 1.47. The number of hydrogen-bond donors (Lipinski definition) is 1. The molecule has 1 fully saturated rings. The van der Waals surface area contributed by atoms with E-state index in [9.17, 15) is 4.79 Å². The number of carboxylic acids is 1.